The number of amides is 2. The van der Waals surface area contributed by atoms with Gasteiger partial charge < -0.3 is 20.2 Å². The maximum absolute atomic E-state index is 13.2. The van der Waals surface area contributed by atoms with E-state index in [0.717, 1.165) is 18.7 Å². The molecule has 4 rings (SSSR count). The van der Waals surface area contributed by atoms with Gasteiger partial charge in [-0.2, -0.15) is 0 Å². The third-order valence-corrected chi connectivity index (χ3v) is 6.01. The minimum absolute atomic E-state index is 0.0626. The number of nitrogens with one attached hydrogen (secondary N) is 1. The fourth-order valence-electron chi connectivity index (χ4n) is 4.35. The van der Waals surface area contributed by atoms with Crippen LogP contribution in [0, 0.1) is 0 Å². The fourth-order valence-corrected chi connectivity index (χ4v) is 4.35. The van der Waals surface area contributed by atoms with E-state index in [1.54, 1.807) is 0 Å². The van der Waals surface area contributed by atoms with E-state index in [0.29, 0.717) is 38.9 Å². The molecular weight excluding hydrogens is 350 g/mol. The number of likely N-dealkylation sites (tertiary alicyclic amines) is 1. The molecule has 148 valence electrons. The zero-order valence-corrected chi connectivity index (χ0v) is 16.3. The van der Waals surface area contributed by atoms with E-state index < -0.39 is 5.60 Å². The maximum Gasteiger partial charge on any atom is 0.320 e. The molecule has 0 unspecified atom stereocenters. The van der Waals surface area contributed by atoms with Crippen molar-refractivity contribution in [2.75, 3.05) is 32.7 Å². The van der Waals surface area contributed by atoms with Gasteiger partial charge in [-0.05, 0) is 24.0 Å². The number of hydrogen-bond acceptors (Lipinski definition) is 3. The van der Waals surface area contributed by atoms with E-state index in [1.165, 1.54) is 5.56 Å². The number of nitrogens with zero attached hydrogens (tertiary/aromatic N) is 2. The molecular formula is C23H29N3O2. The number of urea groups is 1. The molecule has 0 spiro atoms. The van der Waals surface area contributed by atoms with Crippen LogP contribution in [0.25, 0.3) is 0 Å². The molecule has 2 aliphatic rings. The molecule has 5 nitrogen and oxygen atoms in total. The van der Waals surface area contributed by atoms with Gasteiger partial charge in [-0.25, -0.2) is 4.79 Å². The molecule has 2 aromatic rings. The normalized spacial score (nSPS) is 22.1. The average Bonchev–Trinajstić information content (AvgIpc) is 2.75. The zero-order valence-electron chi connectivity index (χ0n) is 16.3. The van der Waals surface area contributed by atoms with Crippen molar-refractivity contribution in [1.29, 1.82) is 0 Å². The van der Waals surface area contributed by atoms with E-state index in [2.05, 4.69) is 29.6 Å². The number of piperidine rings is 1. The lowest BCUT2D eigenvalue weighted by Crippen LogP contribution is -2.56. The van der Waals surface area contributed by atoms with Crippen LogP contribution in [0.2, 0.25) is 0 Å². The second kappa shape index (κ2) is 8.33. The van der Waals surface area contributed by atoms with E-state index in [1.807, 2.05) is 46.2 Å². The fraction of sp³-hybridized carbons (Fsp3) is 0.435. The summed E-state index contributed by atoms with van der Waals surface area (Å²) < 4.78 is 0. The summed E-state index contributed by atoms with van der Waals surface area (Å²) in [7, 11) is 0. The molecule has 2 N–H and O–H groups in total. The molecule has 0 aliphatic carbocycles. The topological polar surface area (TPSA) is 55.8 Å². The van der Waals surface area contributed by atoms with E-state index in [4.69, 9.17) is 0 Å². The maximum atomic E-state index is 13.2. The summed E-state index contributed by atoms with van der Waals surface area (Å²) in [5.74, 6) is 0. The second-order valence-electron chi connectivity index (χ2n) is 7.98. The molecule has 2 amide bonds. The van der Waals surface area contributed by atoms with Gasteiger partial charge in [0, 0.05) is 39.1 Å². The molecule has 0 saturated carbocycles. The highest BCUT2D eigenvalue weighted by Gasteiger charge is 2.37. The third kappa shape index (κ3) is 4.21. The molecule has 1 atom stereocenters. The van der Waals surface area contributed by atoms with Gasteiger partial charge in [-0.15, -0.1) is 0 Å². The Morgan fingerprint density at radius 2 is 1.64 bits per heavy atom. The van der Waals surface area contributed by atoms with Crippen LogP contribution < -0.4 is 5.32 Å². The number of benzene rings is 2. The smallest absolute Gasteiger partial charge is 0.320 e. The Kier molecular flexibility index (Phi) is 5.64. The highest BCUT2D eigenvalue weighted by atomic mass is 16.3. The second-order valence-corrected chi connectivity index (χ2v) is 7.98. The van der Waals surface area contributed by atoms with Crippen molar-refractivity contribution in [2.24, 2.45) is 0 Å². The van der Waals surface area contributed by atoms with Crippen molar-refractivity contribution in [3.63, 3.8) is 0 Å². The summed E-state index contributed by atoms with van der Waals surface area (Å²) in [6.45, 7) is 3.52. The zero-order chi connectivity index (χ0) is 19.4. The van der Waals surface area contributed by atoms with Gasteiger partial charge in [0.2, 0.25) is 0 Å². The Morgan fingerprint density at radius 3 is 2.32 bits per heavy atom. The van der Waals surface area contributed by atoms with Crippen LogP contribution in [0.1, 0.15) is 30.0 Å². The Hall–Kier alpha value is -2.37. The predicted molar refractivity (Wildman–Crippen MR) is 110 cm³/mol. The molecule has 2 fully saturated rings. The molecule has 2 aliphatic heterocycles. The lowest BCUT2D eigenvalue weighted by molar-refractivity contribution is -0.0164. The number of rotatable bonds is 3. The van der Waals surface area contributed by atoms with Gasteiger partial charge in [0.15, 0.2) is 0 Å². The van der Waals surface area contributed by atoms with Crippen molar-refractivity contribution in [3.05, 3.63) is 71.8 Å². The molecule has 28 heavy (non-hydrogen) atoms. The van der Waals surface area contributed by atoms with E-state index in [9.17, 15) is 9.90 Å². The molecule has 0 radical (unpaired) electrons. The standard InChI is InChI=1S/C23H29N3O2/c27-22(26-16-13-24-18-21(26)20-9-5-2-6-10-20)25-14-11-23(28,12-15-25)17-19-7-3-1-4-8-19/h1-10,21,24,28H,11-18H2/t21-/m0/s1. The predicted octanol–water partition coefficient (Wildman–Crippen LogP) is 2.82. The lowest BCUT2D eigenvalue weighted by Gasteiger charge is -2.43. The van der Waals surface area contributed by atoms with Crippen molar-refractivity contribution in [3.8, 4) is 0 Å². The number of aliphatic hydroxyl groups is 1. The van der Waals surface area contributed by atoms with Crippen molar-refractivity contribution >= 4 is 6.03 Å². The molecule has 0 aromatic heterocycles. The van der Waals surface area contributed by atoms with Gasteiger partial charge >= 0.3 is 6.03 Å². The average molecular weight is 380 g/mol. The van der Waals surface area contributed by atoms with Crippen LogP contribution in [-0.4, -0.2) is 59.3 Å². The van der Waals surface area contributed by atoms with Crippen LogP contribution in [0.5, 0.6) is 0 Å². The highest BCUT2D eigenvalue weighted by molar-refractivity contribution is 5.75. The van der Waals surface area contributed by atoms with Gasteiger partial charge in [-0.3, -0.25) is 0 Å². The summed E-state index contributed by atoms with van der Waals surface area (Å²) >= 11 is 0. The third-order valence-electron chi connectivity index (χ3n) is 6.01. The minimum atomic E-state index is -0.722. The summed E-state index contributed by atoms with van der Waals surface area (Å²) in [6.07, 6.45) is 1.89. The number of piperazine rings is 1. The molecule has 2 saturated heterocycles. The van der Waals surface area contributed by atoms with Gasteiger partial charge in [0.1, 0.15) is 0 Å². The first-order chi connectivity index (χ1) is 13.6. The van der Waals surface area contributed by atoms with Crippen LogP contribution >= 0.6 is 0 Å². The summed E-state index contributed by atoms with van der Waals surface area (Å²) in [4.78, 5) is 17.2. The molecule has 2 aromatic carbocycles. The minimum Gasteiger partial charge on any atom is -0.389 e. The summed E-state index contributed by atoms with van der Waals surface area (Å²) in [6, 6.07) is 20.5. The Balaban J connectivity index is 1.40. The van der Waals surface area contributed by atoms with Crippen LogP contribution in [0.3, 0.4) is 0 Å². The Labute approximate surface area is 167 Å². The van der Waals surface area contributed by atoms with Gasteiger partial charge in [-0.1, -0.05) is 60.7 Å². The Bertz CT molecular complexity index is 773. The van der Waals surface area contributed by atoms with Crippen LogP contribution in [0.15, 0.2) is 60.7 Å². The first kappa shape index (κ1) is 19.0. The molecule has 5 heteroatoms. The van der Waals surface area contributed by atoms with Gasteiger partial charge in [0.05, 0.1) is 11.6 Å². The summed E-state index contributed by atoms with van der Waals surface area (Å²) in [5.41, 5.74) is 1.59. The highest BCUT2D eigenvalue weighted by Crippen LogP contribution is 2.29. The van der Waals surface area contributed by atoms with Gasteiger partial charge in [0.25, 0.3) is 0 Å². The van der Waals surface area contributed by atoms with E-state index in [-0.39, 0.29) is 12.1 Å². The van der Waals surface area contributed by atoms with Crippen LogP contribution in [-0.2, 0) is 6.42 Å². The lowest BCUT2D eigenvalue weighted by atomic mass is 9.85. The summed E-state index contributed by atoms with van der Waals surface area (Å²) in [5, 5.41) is 14.4. The molecule has 2 heterocycles. The number of hydrogen-bond donors (Lipinski definition) is 2. The van der Waals surface area contributed by atoms with Crippen molar-refractivity contribution in [1.82, 2.24) is 15.1 Å². The quantitative estimate of drug-likeness (QED) is 0.862. The number of carbonyl (C=O) groups is 1. The first-order valence-corrected chi connectivity index (χ1v) is 10.2. The SMILES string of the molecule is O=C(N1CCC(O)(Cc2ccccc2)CC1)N1CCNC[C@H]1c1ccccc1. The van der Waals surface area contributed by atoms with Crippen molar-refractivity contribution < 1.29 is 9.90 Å². The van der Waals surface area contributed by atoms with Crippen LogP contribution in [0.4, 0.5) is 4.79 Å². The van der Waals surface area contributed by atoms with E-state index >= 15 is 0 Å². The first-order valence-electron chi connectivity index (χ1n) is 10.2. The number of carbonyl (C=O) groups excluding carboxylic acids is 1. The molecule has 0 bridgehead atoms. The van der Waals surface area contributed by atoms with Crippen molar-refractivity contribution in [2.45, 2.75) is 30.9 Å². The monoisotopic (exact) mass is 379 g/mol. The largest absolute Gasteiger partial charge is 0.389 e. The Morgan fingerprint density at radius 1 is 1.00 bits per heavy atom.